The molecule has 0 unspecified atom stereocenters. The van der Waals surface area contributed by atoms with Crippen molar-refractivity contribution in [3.8, 4) is 0 Å². The van der Waals surface area contributed by atoms with Crippen molar-refractivity contribution in [1.29, 1.82) is 0 Å². The van der Waals surface area contributed by atoms with Crippen LogP contribution in [0.25, 0.3) is 0 Å². The van der Waals surface area contributed by atoms with Crippen LogP contribution in [-0.4, -0.2) is 19.8 Å². The minimum atomic E-state index is -3.49. The first-order chi connectivity index (χ1) is 8.91. The van der Waals surface area contributed by atoms with E-state index in [4.69, 9.17) is 0 Å². The second-order valence-corrected chi connectivity index (χ2v) is 7.50. The number of benzene rings is 1. The standard InChI is InChI=1S/C13H14FNO2S2/c1-10-5-6-11(8-12(10)14)9-15(2)19(16,17)13-4-3-7-18-13/h3-8H,9H2,1-2H3. The molecule has 1 heterocycles. The number of nitrogens with zero attached hydrogens (tertiary/aromatic N) is 1. The van der Waals surface area contributed by atoms with E-state index in [0.717, 1.165) is 0 Å². The minimum Gasteiger partial charge on any atom is -0.207 e. The van der Waals surface area contributed by atoms with Crippen molar-refractivity contribution in [1.82, 2.24) is 4.31 Å². The van der Waals surface area contributed by atoms with Gasteiger partial charge in [0.2, 0.25) is 0 Å². The van der Waals surface area contributed by atoms with Crippen LogP contribution in [0.1, 0.15) is 11.1 Å². The number of thiophene rings is 1. The molecule has 0 fully saturated rings. The normalized spacial score (nSPS) is 12.0. The predicted octanol–water partition coefficient (Wildman–Crippen LogP) is 3.02. The van der Waals surface area contributed by atoms with Crippen molar-refractivity contribution in [3.63, 3.8) is 0 Å². The Kier molecular flexibility index (Phi) is 4.03. The number of rotatable bonds is 4. The zero-order valence-electron chi connectivity index (χ0n) is 10.6. The van der Waals surface area contributed by atoms with Crippen LogP contribution in [0.15, 0.2) is 39.9 Å². The van der Waals surface area contributed by atoms with Gasteiger partial charge in [0.25, 0.3) is 10.0 Å². The van der Waals surface area contributed by atoms with Crippen LogP contribution in [-0.2, 0) is 16.6 Å². The zero-order chi connectivity index (χ0) is 14.0. The van der Waals surface area contributed by atoms with Crippen molar-refractivity contribution >= 4 is 21.4 Å². The topological polar surface area (TPSA) is 37.4 Å². The molecule has 0 N–H and O–H groups in total. The Morgan fingerprint density at radius 1 is 1.32 bits per heavy atom. The fraction of sp³-hybridized carbons (Fsp3) is 0.231. The molecule has 3 nitrogen and oxygen atoms in total. The predicted molar refractivity (Wildman–Crippen MR) is 74.1 cm³/mol. The maximum Gasteiger partial charge on any atom is 0.252 e. The van der Waals surface area contributed by atoms with Crippen LogP contribution in [0.5, 0.6) is 0 Å². The summed E-state index contributed by atoms with van der Waals surface area (Å²) in [5, 5.41) is 1.71. The lowest BCUT2D eigenvalue weighted by Gasteiger charge is -2.16. The Labute approximate surface area is 116 Å². The third-order valence-electron chi connectivity index (χ3n) is 2.80. The van der Waals surface area contributed by atoms with Crippen LogP contribution < -0.4 is 0 Å². The van der Waals surface area contributed by atoms with Gasteiger partial charge in [-0.25, -0.2) is 12.8 Å². The summed E-state index contributed by atoms with van der Waals surface area (Å²) in [6.07, 6.45) is 0. The molecule has 2 rings (SSSR count). The van der Waals surface area contributed by atoms with E-state index >= 15 is 0 Å². The number of hydrogen-bond acceptors (Lipinski definition) is 3. The largest absolute Gasteiger partial charge is 0.252 e. The smallest absolute Gasteiger partial charge is 0.207 e. The van der Waals surface area contributed by atoms with Gasteiger partial charge in [0.1, 0.15) is 10.0 Å². The van der Waals surface area contributed by atoms with Gasteiger partial charge in [-0.3, -0.25) is 0 Å². The highest BCUT2D eigenvalue weighted by Gasteiger charge is 2.21. The van der Waals surface area contributed by atoms with Gasteiger partial charge in [-0.15, -0.1) is 11.3 Å². The second kappa shape index (κ2) is 5.40. The van der Waals surface area contributed by atoms with Gasteiger partial charge >= 0.3 is 0 Å². The molecule has 0 bridgehead atoms. The number of hydrogen-bond donors (Lipinski definition) is 0. The molecule has 19 heavy (non-hydrogen) atoms. The average Bonchev–Trinajstić information content (AvgIpc) is 2.88. The van der Waals surface area contributed by atoms with Crippen molar-refractivity contribution < 1.29 is 12.8 Å². The molecule has 0 radical (unpaired) electrons. The van der Waals surface area contributed by atoms with Gasteiger partial charge in [-0.1, -0.05) is 18.2 Å². The van der Waals surface area contributed by atoms with E-state index in [0.29, 0.717) is 15.3 Å². The third kappa shape index (κ3) is 3.02. The van der Waals surface area contributed by atoms with E-state index in [9.17, 15) is 12.8 Å². The molecular weight excluding hydrogens is 285 g/mol. The summed E-state index contributed by atoms with van der Waals surface area (Å²) in [5.41, 5.74) is 1.18. The van der Waals surface area contributed by atoms with Crippen molar-refractivity contribution in [3.05, 3.63) is 52.7 Å². The molecule has 0 spiro atoms. The highest BCUT2D eigenvalue weighted by molar-refractivity contribution is 7.91. The van der Waals surface area contributed by atoms with Gasteiger partial charge in [0.15, 0.2) is 0 Å². The van der Waals surface area contributed by atoms with Crippen LogP contribution in [0.2, 0.25) is 0 Å². The van der Waals surface area contributed by atoms with Crippen LogP contribution in [0.3, 0.4) is 0 Å². The maximum atomic E-state index is 13.4. The first-order valence-corrected chi connectivity index (χ1v) is 7.98. The lowest BCUT2D eigenvalue weighted by molar-refractivity contribution is 0.467. The monoisotopic (exact) mass is 299 g/mol. The summed E-state index contributed by atoms with van der Waals surface area (Å²) in [4.78, 5) is 0. The van der Waals surface area contributed by atoms with E-state index in [1.54, 1.807) is 36.6 Å². The summed E-state index contributed by atoms with van der Waals surface area (Å²) in [6, 6.07) is 8.01. The summed E-state index contributed by atoms with van der Waals surface area (Å²) < 4.78 is 39.3. The van der Waals surface area contributed by atoms with Crippen molar-refractivity contribution in [2.45, 2.75) is 17.7 Å². The summed E-state index contributed by atoms with van der Waals surface area (Å²) in [6.45, 7) is 1.82. The van der Waals surface area contributed by atoms with Gasteiger partial charge in [0.05, 0.1) is 0 Å². The molecular formula is C13H14FNO2S2. The van der Waals surface area contributed by atoms with Gasteiger partial charge in [-0.05, 0) is 35.6 Å². The molecule has 1 aromatic heterocycles. The number of sulfonamides is 1. The lowest BCUT2D eigenvalue weighted by atomic mass is 10.1. The van der Waals surface area contributed by atoms with Crippen LogP contribution in [0.4, 0.5) is 4.39 Å². The van der Waals surface area contributed by atoms with Crippen molar-refractivity contribution in [2.24, 2.45) is 0 Å². The molecule has 0 saturated carbocycles. The van der Waals surface area contributed by atoms with Gasteiger partial charge in [0, 0.05) is 13.6 Å². The fourth-order valence-corrected chi connectivity index (χ4v) is 4.00. The highest BCUT2D eigenvalue weighted by Crippen LogP contribution is 2.21. The molecule has 6 heteroatoms. The second-order valence-electron chi connectivity index (χ2n) is 4.28. The summed E-state index contributed by atoms with van der Waals surface area (Å²) in [7, 11) is -1.99. The molecule has 0 amide bonds. The summed E-state index contributed by atoms with van der Waals surface area (Å²) >= 11 is 1.17. The van der Waals surface area contributed by atoms with E-state index in [1.165, 1.54) is 28.8 Å². The molecule has 1 aromatic carbocycles. The first-order valence-electron chi connectivity index (χ1n) is 5.66. The molecule has 2 aromatic rings. The first kappa shape index (κ1) is 14.2. The molecule has 0 saturated heterocycles. The van der Waals surface area contributed by atoms with E-state index in [1.807, 2.05) is 0 Å². The minimum absolute atomic E-state index is 0.150. The fourth-order valence-electron chi connectivity index (χ4n) is 1.64. The maximum absolute atomic E-state index is 13.4. The molecule has 102 valence electrons. The Morgan fingerprint density at radius 2 is 2.05 bits per heavy atom. The Balaban J connectivity index is 2.21. The zero-order valence-corrected chi connectivity index (χ0v) is 12.3. The van der Waals surface area contributed by atoms with E-state index in [2.05, 4.69) is 0 Å². The third-order valence-corrected chi connectivity index (χ3v) is 5.98. The summed E-state index contributed by atoms with van der Waals surface area (Å²) in [5.74, 6) is -0.320. The van der Waals surface area contributed by atoms with Crippen LogP contribution in [0, 0.1) is 12.7 Å². The Hall–Kier alpha value is -1.24. The van der Waals surface area contributed by atoms with Crippen LogP contribution >= 0.6 is 11.3 Å². The molecule has 0 atom stereocenters. The van der Waals surface area contributed by atoms with Gasteiger partial charge < -0.3 is 0 Å². The van der Waals surface area contributed by atoms with Crippen molar-refractivity contribution in [2.75, 3.05) is 7.05 Å². The number of aryl methyl sites for hydroxylation is 1. The SMILES string of the molecule is Cc1ccc(CN(C)S(=O)(=O)c2cccs2)cc1F. The van der Waals surface area contributed by atoms with Gasteiger partial charge in [-0.2, -0.15) is 4.31 Å². The quantitative estimate of drug-likeness (QED) is 0.870. The Morgan fingerprint density at radius 3 is 2.63 bits per heavy atom. The van der Waals surface area contributed by atoms with E-state index in [-0.39, 0.29) is 12.4 Å². The highest BCUT2D eigenvalue weighted by atomic mass is 32.2. The molecule has 0 aliphatic heterocycles. The average molecular weight is 299 g/mol. The Bertz CT molecular complexity index is 666. The lowest BCUT2D eigenvalue weighted by Crippen LogP contribution is -2.25. The molecule has 0 aliphatic carbocycles. The molecule has 0 aliphatic rings. The van der Waals surface area contributed by atoms with E-state index < -0.39 is 10.0 Å². The number of halogens is 1.